The Bertz CT molecular complexity index is 937. The average molecular weight is 374 g/mol. The van der Waals surface area contributed by atoms with Gasteiger partial charge in [-0.25, -0.2) is 15.0 Å². The first-order chi connectivity index (χ1) is 13.1. The van der Waals surface area contributed by atoms with Crippen molar-refractivity contribution >= 4 is 17.0 Å². The lowest BCUT2D eigenvalue weighted by Gasteiger charge is -2.30. The molecule has 0 amide bonds. The second-order valence-corrected chi connectivity index (χ2v) is 7.02. The van der Waals surface area contributed by atoms with Crippen molar-refractivity contribution in [3.8, 4) is 0 Å². The number of aliphatic hydroxyl groups excluding tert-OH is 1. The van der Waals surface area contributed by atoms with Crippen LogP contribution in [0.25, 0.3) is 21.6 Å². The zero-order valence-corrected chi connectivity index (χ0v) is 14.3. The summed E-state index contributed by atoms with van der Waals surface area (Å²) in [5.74, 6) is -0.500. The van der Waals surface area contributed by atoms with Crippen molar-refractivity contribution < 1.29 is 19.3 Å². The second kappa shape index (κ2) is 5.75. The van der Waals surface area contributed by atoms with E-state index in [1.165, 1.54) is 12.7 Å². The first-order valence-corrected chi connectivity index (χ1v) is 8.75. The Balaban J connectivity index is 1.62. The van der Waals surface area contributed by atoms with E-state index >= 15 is 0 Å². The van der Waals surface area contributed by atoms with Gasteiger partial charge in [0.2, 0.25) is 5.72 Å². The van der Waals surface area contributed by atoms with Crippen molar-refractivity contribution in [3.63, 3.8) is 0 Å². The predicted molar refractivity (Wildman–Crippen MR) is 89.8 cm³/mol. The fraction of sp³-hybridized carbons (Fsp3) is 0.667. The van der Waals surface area contributed by atoms with E-state index in [9.17, 15) is 5.11 Å². The Hall–Kier alpha value is -2.50. The zero-order chi connectivity index (χ0) is 18.6. The lowest BCUT2D eigenvalue weighted by atomic mass is 10.1. The van der Waals surface area contributed by atoms with E-state index in [1.807, 2.05) is 0 Å². The van der Waals surface area contributed by atoms with E-state index in [0.29, 0.717) is 11.2 Å². The van der Waals surface area contributed by atoms with Gasteiger partial charge in [-0.2, -0.15) is 0 Å². The molecule has 142 valence electrons. The van der Waals surface area contributed by atoms with Gasteiger partial charge < -0.3 is 25.1 Å². The molecule has 1 aliphatic carbocycles. The largest absolute Gasteiger partial charge is 0.393 e. The Labute approximate surface area is 152 Å². The number of hydrogen-bond acceptors (Lipinski definition) is 9. The molecule has 3 aliphatic rings. The molecule has 12 nitrogen and oxygen atoms in total. The molecule has 0 bridgehead atoms. The quantitative estimate of drug-likeness (QED) is 0.455. The van der Waals surface area contributed by atoms with Gasteiger partial charge in [0.05, 0.1) is 12.9 Å². The molecule has 0 unspecified atom stereocenters. The fourth-order valence-electron chi connectivity index (χ4n) is 4.27. The number of aromatic nitrogens is 4. The Morgan fingerprint density at radius 1 is 1.30 bits per heavy atom. The molecule has 27 heavy (non-hydrogen) atoms. The van der Waals surface area contributed by atoms with E-state index in [1.54, 1.807) is 4.57 Å². The molecular weight excluding hydrogens is 356 g/mol. The van der Waals surface area contributed by atoms with Crippen LogP contribution < -0.4 is 5.73 Å². The number of imidazole rings is 1. The van der Waals surface area contributed by atoms with Crippen LogP contribution in [0.3, 0.4) is 0 Å². The number of nitrogens with zero attached hydrogens (tertiary/aromatic N) is 7. The van der Waals surface area contributed by atoms with Crippen molar-refractivity contribution in [2.75, 3.05) is 12.3 Å². The molecule has 0 radical (unpaired) electrons. The van der Waals surface area contributed by atoms with E-state index in [0.717, 1.165) is 25.7 Å². The zero-order valence-electron chi connectivity index (χ0n) is 14.3. The number of azide groups is 1. The minimum atomic E-state index is -1.59. The third kappa shape index (κ3) is 2.25. The average Bonchev–Trinajstić information content (AvgIpc) is 3.42. The second-order valence-electron chi connectivity index (χ2n) is 7.02. The molecular formula is C15H18N8O4. The van der Waals surface area contributed by atoms with Crippen LogP contribution in [0.1, 0.15) is 31.9 Å². The lowest BCUT2D eigenvalue weighted by Crippen LogP contribution is -2.44. The summed E-state index contributed by atoms with van der Waals surface area (Å²) in [6.45, 7) is -0.544. The molecule has 4 atom stereocenters. The van der Waals surface area contributed by atoms with Crippen LogP contribution in [0, 0.1) is 0 Å². The molecule has 2 aliphatic heterocycles. The number of nitrogen functional groups attached to an aromatic ring is 1. The number of hydrogen-bond donors (Lipinski definition) is 2. The van der Waals surface area contributed by atoms with E-state index in [4.69, 9.17) is 25.5 Å². The molecule has 1 saturated carbocycles. The number of nitrogens with two attached hydrogens (primary N) is 1. The van der Waals surface area contributed by atoms with Crippen LogP contribution in [-0.4, -0.2) is 55.0 Å². The summed E-state index contributed by atoms with van der Waals surface area (Å²) in [6.07, 6.45) is 4.18. The first-order valence-electron chi connectivity index (χ1n) is 8.75. The maximum absolute atomic E-state index is 10.0. The highest BCUT2D eigenvalue weighted by atomic mass is 16.8. The topological polar surface area (TPSA) is 166 Å². The Morgan fingerprint density at radius 3 is 2.85 bits per heavy atom. The van der Waals surface area contributed by atoms with Crippen LogP contribution in [0.5, 0.6) is 0 Å². The maximum Gasteiger partial charge on any atom is 0.201 e. The molecule has 12 heteroatoms. The highest BCUT2D eigenvalue weighted by Crippen LogP contribution is 2.53. The fourth-order valence-corrected chi connectivity index (χ4v) is 4.27. The van der Waals surface area contributed by atoms with Gasteiger partial charge in [-0.15, -0.1) is 0 Å². The summed E-state index contributed by atoms with van der Waals surface area (Å²) in [5, 5.41) is 13.7. The van der Waals surface area contributed by atoms with Crippen molar-refractivity contribution in [1.29, 1.82) is 0 Å². The smallest absolute Gasteiger partial charge is 0.201 e. The predicted octanol–water partition coefficient (Wildman–Crippen LogP) is 0.990. The first kappa shape index (κ1) is 16.7. The third-order valence-electron chi connectivity index (χ3n) is 5.51. The molecule has 4 heterocycles. The van der Waals surface area contributed by atoms with E-state index in [-0.39, 0.29) is 5.82 Å². The van der Waals surface area contributed by atoms with Gasteiger partial charge >= 0.3 is 0 Å². The van der Waals surface area contributed by atoms with Gasteiger partial charge in [-0.3, -0.25) is 4.57 Å². The van der Waals surface area contributed by atoms with Gasteiger partial charge in [-0.05, 0) is 18.4 Å². The number of rotatable bonds is 3. The van der Waals surface area contributed by atoms with Crippen molar-refractivity contribution in [2.45, 2.75) is 55.6 Å². The van der Waals surface area contributed by atoms with Gasteiger partial charge in [0.25, 0.3) is 0 Å². The van der Waals surface area contributed by atoms with Crippen LogP contribution in [0.4, 0.5) is 5.82 Å². The van der Waals surface area contributed by atoms with Crippen molar-refractivity contribution in [2.24, 2.45) is 5.11 Å². The van der Waals surface area contributed by atoms with Gasteiger partial charge in [0.1, 0.15) is 24.1 Å². The number of aliphatic hydroxyl groups is 1. The molecule has 3 fully saturated rings. The standard InChI is InChI=1S/C15H18N8O4/c16-11-8-12(19-6-18-11)23(7-20-8)13-9-10(15(5-24,27-13)21-22-17)26-14(25-9)3-1-2-4-14/h6-7,9-10,13,24H,1-5H2,(H2,16,18,19)/t9-,10+,13-,15-/m1/s1. The van der Waals surface area contributed by atoms with Crippen LogP contribution in [-0.2, 0) is 14.2 Å². The van der Waals surface area contributed by atoms with Gasteiger partial charge in [-0.1, -0.05) is 5.11 Å². The summed E-state index contributed by atoms with van der Waals surface area (Å²) in [4.78, 5) is 15.3. The minimum absolute atomic E-state index is 0.243. The van der Waals surface area contributed by atoms with Gasteiger partial charge in [0, 0.05) is 17.8 Å². The molecule has 2 saturated heterocycles. The molecule has 3 N–H and O–H groups in total. The number of fused-ring (bicyclic) bond motifs is 2. The highest BCUT2D eigenvalue weighted by Gasteiger charge is 2.65. The van der Waals surface area contributed by atoms with Crippen LogP contribution >= 0.6 is 0 Å². The molecule has 5 rings (SSSR count). The summed E-state index contributed by atoms with van der Waals surface area (Å²) in [6, 6.07) is 0. The van der Waals surface area contributed by atoms with Gasteiger partial charge in [0.15, 0.2) is 23.5 Å². The molecule has 2 aromatic rings. The normalized spacial score (nSPS) is 34.2. The van der Waals surface area contributed by atoms with E-state index in [2.05, 4.69) is 25.0 Å². The van der Waals surface area contributed by atoms with E-state index < -0.39 is 36.6 Å². The maximum atomic E-state index is 10.0. The molecule has 0 aromatic carbocycles. The van der Waals surface area contributed by atoms with Crippen molar-refractivity contribution in [3.05, 3.63) is 23.1 Å². The number of ether oxygens (including phenoxy) is 3. The SMILES string of the molecule is [N-]=[N+]=N[C@]1(CO)O[C@@H](n2cnc3c(N)ncnc32)[C@@H]2OC3(CCCC3)O[C@@H]21. The summed E-state index contributed by atoms with van der Waals surface area (Å²) < 4.78 is 20.1. The number of anilines is 1. The molecule has 1 spiro atoms. The minimum Gasteiger partial charge on any atom is -0.393 e. The Kier molecular flexibility index (Phi) is 3.55. The lowest BCUT2D eigenvalue weighted by molar-refractivity contribution is -0.237. The molecule has 2 aromatic heterocycles. The monoisotopic (exact) mass is 374 g/mol. The Morgan fingerprint density at radius 2 is 2.11 bits per heavy atom. The summed E-state index contributed by atoms with van der Waals surface area (Å²) >= 11 is 0. The summed E-state index contributed by atoms with van der Waals surface area (Å²) in [5.41, 5.74) is 14.2. The third-order valence-corrected chi connectivity index (χ3v) is 5.51. The highest BCUT2D eigenvalue weighted by molar-refractivity contribution is 5.81. The van der Waals surface area contributed by atoms with Crippen molar-refractivity contribution in [1.82, 2.24) is 19.5 Å². The van der Waals surface area contributed by atoms with Crippen LogP contribution in [0.15, 0.2) is 17.8 Å². The summed E-state index contributed by atoms with van der Waals surface area (Å²) in [7, 11) is 0. The van der Waals surface area contributed by atoms with Crippen LogP contribution in [0.2, 0.25) is 0 Å².